The maximum atomic E-state index is 12.4. The molecule has 0 aromatic heterocycles. The van der Waals surface area contributed by atoms with Crippen molar-refractivity contribution in [3.63, 3.8) is 0 Å². The van der Waals surface area contributed by atoms with Crippen molar-refractivity contribution < 1.29 is 14.4 Å². The first-order valence-corrected chi connectivity index (χ1v) is 9.04. The number of hydrogen-bond acceptors (Lipinski definition) is 3. The largest absolute Gasteiger partial charge is 0.312 e. The van der Waals surface area contributed by atoms with Gasteiger partial charge in [-0.2, -0.15) is 0 Å². The summed E-state index contributed by atoms with van der Waals surface area (Å²) >= 11 is 0. The number of amides is 3. The molecule has 1 saturated heterocycles. The summed E-state index contributed by atoms with van der Waals surface area (Å²) in [6.07, 6.45) is 1.06. The van der Waals surface area contributed by atoms with Gasteiger partial charge in [0.2, 0.25) is 11.8 Å². The van der Waals surface area contributed by atoms with E-state index in [-0.39, 0.29) is 24.1 Å². The van der Waals surface area contributed by atoms with Gasteiger partial charge in [0.15, 0.2) is 0 Å². The fourth-order valence-corrected chi connectivity index (χ4v) is 3.12. The highest BCUT2D eigenvalue weighted by Gasteiger charge is 2.35. The van der Waals surface area contributed by atoms with Gasteiger partial charge in [-0.15, -0.1) is 0 Å². The number of nitrogens with one attached hydrogen (secondary N) is 2. The summed E-state index contributed by atoms with van der Waals surface area (Å²) in [4.78, 5) is 38.4. The van der Waals surface area contributed by atoms with Crippen molar-refractivity contribution in [2.45, 2.75) is 26.7 Å². The molecular formula is C21H23N3O3. The molecule has 27 heavy (non-hydrogen) atoms. The van der Waals surface area contributed by atoms with Crippen LogP contribution in [0.1, 0.15) is 34.8 Å². The molecule has 6 heteroatoms. The monoisotopic (exact) mass is 365 g/mol. The molecule has 1 fully saturated rings. The van der Waals surface area contributed by atoms with Gasteiger partial charge < -0.3 is 4.90 Å². The summed E-state index contributed by atoms with van der Waals surface area (Å²) in [5.41, 5.74) is 8.26. The van der Waals surface area contributed by atoms with Crippen LogP contribution in [0.25, 0.3) is 0 Å². The second kappa shape index (κ2) is 8.03. The van der Waals surface area contributed by atoms with Gasteiger partial charge in [-0.05, 0) is 43.2 Å². The number of carbonyl (C=O) groups is 3. The highest BCUT2D eigenvalue weighted by atomic mass is 16.2. The Bertz CT molecular complexity index is 861. The first kappa shape index (κ1) is 18.6. The fraction of sp³-hybridized carbons (Fsp3) is 0.286. The van der Waals surface area contributed by atoms with E-state index in [1.807, 2.05) is 37.3 Å². The molecule has 2 aromatic rings. The van der Waals surface area contributed by atoms with E-state index >= 15 is 0 Å². The van der Waals surface area contributed by atoms with E-state index in [4.69, 9.17) is 0 Å². The van der Waals surface area contributed by atoms with Crippen LogP contribution in [0.5, 0.6) is 0 Å². The van der Waals surface area contributed by atoms with Crippen molar-refractivity contribution in [2.24, 2.45) is 5.92 Å². The third-order valence-corrected chi connectivity index (χ3v) is 4.73. The lowest BCUT2D eigenvalue weighted by atomic mass is 10.1. The Morgan fingerprint density at radius 3 is 2.52 bits per heavy atom. The van der Waals surface area contributed by atoms with Gasteiger partial charge >= 0.3 is 0 Å². The van der Waals surface area contributed by atoms with Crippen LogP contribution in [0, 0.1) is 12.8 Å². The molecule has 0 unspecified atom stereocenters. The molecule has 0 saturated carbocycles. The summed E-state index contributed by atoms with van der Waals surface area (Å²) in [7, 11) is 0. The topological polar surface area (TPSA) is 78.5 Å². The van der Waals surface area contributed by atoms with Crippen LogP contribution < -0.4 is 15.8 Å². The standard InChI is InChI=1S/C21H23N3O3/c1-3-15-7-9-18(10-8-15)24-13-17(12-19(24)25)21(27)23-22-20(26)16-6-4-5-14(2)11-16/h4-11,17H,3,12-13H2,1-2H3,(H,22,26)(H,23,27)/t17-/m0/s1. The van der Waals surface area contributed by atoms with Crippen molar-refractivity contribution >= 4 is 23.4 Å². The summed E-state index contributed by atoms with van der Waals surface area (Å²) in [6, 6.07) is 14.9. The van der Waals surface area contributed by atoms with Gasteiger partial charge in [0.05, 0.1) is 5.92 Å². The molecule has 1 aliphatic heterocycles. The number of hydrazine groups is 1. The first-order chi connectivity index (χ1) is 13.0. The van der Waals surface area contributed by atoms with Crippen molar-refractivity contribution in [2.75, 3.05) is 11.4 Å². The predicted octanol–water partition coefficient (Wildman–Crippen LogP) is 2.37. The van der Waals surface area contributed by atoms with E-state index in [1.54, 1.807) is 23.1 Å². The van der Waals surface area contributed by atoms with E-state index < -0.39 is 5.92 Å². The van der Waals surface area contributed by atoms with Crippen LogP contribution in [-0.2, 0) is 16.0 Å². The van der Waals surface area contributed by atoms with Crippen LogP contribution in [0.15, 0.2) is 48.5 Å². The number of benzene rings is 2. The molecule has 1 atom stereocenters. The Balaban J connectivity index is 1.57. The normalized spacial score (nSPS) is 16.3. The lowest BCUT2D eigenvalue weighted by Crippen LogP contribution is -2.45. The number of anilines is 1. The van der Waals surface area contributed by atoms with Crippen molar-refractivity contribution in [3.05, 3.63) is 65.2 Å². The molecule has 0 bridgehead atoms. The lowest BCUT2D eigenvalue weighted by molar-refractivity contribution is -0.126. The lowest BCUT2D eigenvalue weighted by Gasteiger charge is -2.17. The maximum Gasteiger partial charge on any atom is 0.269 e. The zero-order valence-electron chi connectivity index (χ0n) is 15.5. The quantitative estimate of drug-likeness (QED) is 0.817. The number of aryl methyl sites for hydroxylation is 2. The van der Waals surface area contributed by atoms with E-state index in [0.717, 1.165) is 17.7 Å². The van der Waals surface area contributed by atoms with Crippen molar-refractivity contribution in [1.82, 2.24) is 10.9 Å². The number of carbonyl (C=O) groups excluding carboxylic acids is 3. The minimum Gasteiger partial charge on any atom is -0.312 e. The third kappa shape index (κ3) is 4.34. The van der Waals surface area contributed by atoms with E-state index in [0.29, 0.717) is 12.1 Å². The number of hydrogen-bond donors (Lipinski definition) is 2. The van der Waals surface area contributed by atoms with Gasteiger partial charge in [0, 0.05) is 24.2 Å². The molecule has 3 rings (SSSR count). The molecule has 2 N–H and O–H groups in total. The van der Waals surface area contributed by atoms with Crippen LogP contribution in [0.3, 0.4) is 0 Å². The molecular weight excluding hydrogens is 342 g/mol. The Labute approximate surface area is 158 Å². The molecule has 1 heterocycles. The third-order valence-electron chi connectivity index (χ3n) is 4.73. The molecule has 3 amide bonds. The zero-order valence-corrected chi connectivity index (χ0v) is 15.5. The van der Waals surface area contributed by atoms with Gasteiger partial charge in [-0.1, -0.05) is 36.8 Å². The van der Waals surface area contributed by atoms with Crippen LogP contribution in [-0.4, -0.2) is 24.3 Å². The fourth-order valence-electron chi connectivity index (χ4n) is 3.12. The minimum absolute atomic E-state index is 0.0931. The average molecular weight is 365 g/mol. The minimum atomic E-state index is -0.499. The maximum absolute atomic E-state index is 12.4. The highest BCUT2D eigenvalue weighted by molar-refractivity contribution is 6.01. The van der Waals surface area contributed by atoms with Crippen molar-refractivity contribution in [3.8, 4) is 0 Å². The molecule has 140 valence electrons. The zero-order chi connectivity index (χ0) is 19.4. The van der Waals surface area contributed by atoms with Crippen LogP contribution >= 0.6 is 0 Å². The second-order valence-electron chi connectivity index (χ2n) is 6.74. The number of rotatable bonds is 4. The van der Waals surface area contributed by atoms with Gasteiger partial charge in [0.1, 0.15) is 0 Å². The molecule has 0 aliphatic carbocycles. The average Bonchev–Trinajstić information content (AvgIpc) is 3.07. The second-order valence-corrected chi connectivity index (χ2v) is 6.74. The molecule has 2 aromatic carbocycles. The Hall–Kier alpha value is -3.15. The van der Waals surface area contributed by atoms with Gasteiger partial charge in [-0.3, -0.25) is 25.2 Å². The summed E-state index contributed by atoms with van der Waals surface area (Å²) in [5.74, 6) is -1.34. The van der Waals surface area contributed by atoms with Crippen LogP contribution in [0.4, 0.5) is 5.69 Å². The molecule has 0 spiro atoms. The molecule has 6 nitrogen and oxygen atoms in total. The van der Waals surface area contributed by atoms with E-state index in [9.17, 15) is 14.4 Å². The summed E-state index contributed by atoms with van der Waals surface area (Å²) in [5, 5.41) is 0. The predicted molar refractivity (Wildman–Crippen MR) is 103 cm³/mol. The van der Waals surface area contributed by atoms with E-state index in [2.05, 4.69) is 17.8 Å². The Morgan fingerprint density at radius 2 is 1.85 bits per heavy atom. The highest BCUT2D eigenvalue weighted by Crippen LogP contribution is 2.25. The van der Waals surface area contributed by atoms with Gasteiger partial charge in [-0.25, -0.2) is 0 Å². The first-order valence-electron chi connectivity index (χ1n) is 9.04. The van der Waals surface area contributed by atoms with Crippen LogP contribution in [0.2, 0.25) is 0 Å². The summed E-state index contributed by atoms with van der Waals surface area (Å²) < 4.78 is 0. The van der Waals surface area contributed by atoms with Gasteiger partial charge in [0.25, 0.3) is 5.91 Å². The molecule has 0 radical (unpaired) electrons. The Morgan fingerprint density at radius 1 is 1.11 bits per heavy atom. The number of nitrogens with zero attached hydrogens (tertiary/aromatic N) is 1. The van der Waals surface area contributed by atoms with E-state index in [1.165, 1.54) is 5.56 Å². The smallest absolute Gasteiger partial charge is 0.269 e. The molecule has 1 aliphatic rings. The Kier molecular flexibility index (Phi) is 5.54. The summed E-state index contributed by atoms with van der Waals surface area (Å²) in [6.45, 7) is 4.26. The van der Waals surface area contributed by atoms with Crippen molar-refractivity contribution in [1.29, 1.82) is 0 Å². The SMILES string of the molecule is CCc1ccc(N2C[C@@H](C(=O)NNC(=O)c3cccc(C)c3)CC2=O)cc1.